The maximum Gasteiger partial charge on any atom is 0.0750 e. The van der Waals surface area contributed by atoms with Crippen molar-refractivity contribution >= 4 is 0 Å². The normalized spacial score (nSPS) is 10.6. The third-order valence-corrected chi connectivity index (χ3v) is 2.76. The van der Waals surface area contributed by atoms with E-state index in [-0.39, 0.29) is 5.54 Å². The highest BCUT2D eigenvalue weighted by Crippen LogP contribution is 2.05. The molecule has 19 heavy (non-hydrogen) atoms. The van der Waals surface area contributed by atoms with E-state index in [0.717, 1.165) is 12.1 Å². The summed E-state index contributed by atoms with van der Waals surface area (Å²) in [6.07, 6.45) is 3.53. The molecule has 2 rings (SSSR count). The maximum atomic E-state index is 4.06. The highest BCUT2D eigenvalue weighted by atomic mass is 14.9. The molecular weight excluding hydrogens is 232 g/mol. The van der Waals surface area contributed by atoms with Gasteiger partial charge in [-0.05, 0) is 31.5 Å². The van der Waals surface area contributed by atoms with E-state index < -0.39 is 0 Å². The van der Waals surface area contributed by atoms with Crippen LogP contribution in [0.2, 0.25) is 0 Å². The molecule has 2 heteroatoms. The number of pyridine rings is 1. The van der Waals surface area contributed by atoms with Crippen LogP contribution in [0.3, 0.4) is 0 Å². The Balaban J connectivity index is 1.98. The molecule has 0 unspecified atom stereocenters. The molecule has 0 saturated carbocycles. The summed E-state index contributed by atoms with van der Waals surface area (Å²) < 4.78 is 0. The number of hydrogen-bond donors (Lipinski definition) is 1. The quantitative estimate of drug-likeness (QED) is 0.847. The molecule has 0 saturated heterocycles. The number of nitrogens with zero attached hydrogens (tertiary/aromatic N) is 1. The zero-order valence-corrected chi connectivity index (χ0v) is 11.4. The molecule has 2 nitrogen and oxygen atoms in total. The third kappa shape index (κ3) is 4.57. The number of nitrogens with one attached hydrogen (secondary N) is 1. The van der Waals surface area contributed by atoms with Crippen LogP contribution in [0.1, 0.15) is 25.0 Å². The van der Waals surface area contributed by atoms with Crippen LogP contribution < -0.4 is 5.32 Å². The minimum absolute atomic E-state index is 0.230. The molecule has 0 aliphatic carbocycles. The molecule has 1 N–H and O–H groups in total. The Hall–Kier alpha value is -2.11. The van der Waals surface area contributed by atoms with Crippen LogP contribution in [0.5, 0.6) is 0 Å². The van der Waals surface area contributed by atoms with Crippen molar-refractivity contribution in [1.29, 1.82) is 0 Å². The zero-order valence-electron chi connectivity index (χ0n) is 11.4. The third-order valence-electron chi connectivity index (χ3n) is 2.76. The van der Waals surface area contributed by atoms with Crippen molar-refractivity contribution in [3.05, 3.63) is 66.0 Å². The van der Waals surface area contributed by atoms with Crippen molar-refractivity contribution in [2.45, 2.75) is 25.9 Å². The number of benzene rings is 1. The lowest BCUT2D eigenvalue weighted by Crippen LogP contribution is -2.37. The lowest BCUT2D eigenvalue weighted by Gasteiger charge is -2.19. The van der Waals surface area contributed by atoms with E-state index in [4.69, 9.17) is 0 Å². The van der Waals surface area contributed by atoms with E-state index >= 15 is 0 Å². The summed E-state index contributed by atoms with van der Waals surface area (Å²) in [6, 6.07) is 14.2. The Morgan fingerprint density at radius 1 is 1.11 bits per heavy atom. The molecule has 1 heterocycles. The lowest BCUT2D eigenvalue weighted by atomic mass is 10.1. The van der Waals surface area contributed by atoms with Crippen LogP contribution in [0, 0.1) is 11.8 Å². The van der Waals surface area contributed by atoms with Gasteiger partial charge in [-0.1, -0.05) is 42.2 Å². The van der Waals surface area contributed by atoms with Gasteiger partial charge in [0.05, 0.1) is 5.54 Å². The van der Waals surface area contributed by atoms with Crippen LogP contribution in [-0.2, 0) is 6.54 Å². The van der Waals surface area contributed by atoms with Crippen molar-refractivity contribution in [3.63, 3.8) is 0 Å². The largest absolute Gasteiger partial charge is 0.297 e. The summed E-state index contributed by atoms with van der Waals surface area (Å²) >= 11 is 0. The second-order valence-corrected chi connectivity index (χ2v) is 4.96. The summed E-state index contributed by atoms with van der Waals surface area (Å²) in [4.78, 5) is 4.06. The number of hydrogen-bond acceptors (Lipinski definition) is 2. The second kappa shape index (κ2) is 6.17. The molecule has 0 atom stereocenters. The SMILES string of the molecule is CC(C)(C#Cc1cccnc1)NCc1ccccc1. The van der Waals surface area contributed by atoms with Crippen molar-refractivity contribution in [1.82, 2.24) is 10.3 Å². The summed E-state index contributed by atoms with van der Waals surface area (Å²) in [5, 5.41) is 3.45. The zero-order chi connectivity index (χ0) is 13.6. The fourth-order valence-corrected chi connectivity index (χ4v) is 1.63. The van der Waals surface area contributed by atoms with Gasteiger partial charge < -0.3 is 0 Å². The molecular formula is C17H18N2. The summed E-state index contributed by atoms with van der Waals surface area (Å²) in [6.45, 7) is 4.98. The van der Waals surface area contributed by atoms with Crippen molar-refractivity contribution < 1.29 is 0 Å². The van der Waals surface area contributed by atoms with E-state index in [0.29, 0.717) is 0 Å². The van der Waals surface area contributed by atoms with Gasteiger partial charge in [0, 0.05) is 24.5 Å². The average molecular weight is 250 g/mol. The first-order chi connectivity index (χ1) is 9.16. The van der Waals surface area contributed by atoms with Gasteiger partial charge in [0.25, 0.3) is 0 Å². The van der Waals surface area contributed by atoms with E-state index in [2.05, 4.69) is 48.1 Å². The Morgan fingerprint density at radius 2 is 1.89 bits per heavy atom. The van der Waals surface area contributed by atoms with E-state index in [9.17, 15) is 0 Å². The fraction of sp³-hybridized carbons (Fsp3) is 0.235. The molecule has 0 spiro atoms. The van der Waals surface area contributed by atoms with E-state index in [1.165, 1.54) is 5.56 Å². The number of rotatable bonds is 3. The summed E-state index contributed by atoms with van der Waals surface area (Å²) in [5.41, 5.74) is 1.97. The van der Waals surface area contributed by atoms with Crippen LogP contribution in [-0.4, -0.2) is 10.5 Å². The Labute approximate surface area is 114 Å². The molecule has 1 aromatic heterocycles. The highest BCUT2D eigenvalue weighted by Gasteiger charge is 2.12. The first kappa shape index (κ1) is 13.3. The molecule has 1 aromatic carbocycles. The van der Waals surface area contributed by atoms with Gasteiger partial charge in [0.1, 0.15) is 0 Å². The predicted molar refractivity (Wildman–Crippen MR) is 78.5 cm³/mol. The van der Waals surface area contributed by atoms with Gasteiger partial charge >= 0.3 is 0 Å². The van der Waals surface area contributed by atoms with Crippen LogP contribution in [0.4, 0.5) is 0 Å². The molecule has 0 amide bonds. The molecule has 0 aliphatic rings. The van der Waals surface area contributed by atoms with Crippen LogP contribution >= 0.6 is 0 Å². The van der Waals surface area contributed by atoms with Crippen LogP contribution in [0.15, 0.2) is 54.9 Å². The smallest absolute Gasteiger partial charge is 0.0750 e. The Bertz CT molecular complexity index is 562. The van der Waals surface area contributed by atoms with Crippen molar-refractivity contribution in [3.8, 4) is 11.8 Å². The highest BCUT2D eigenvalue weighted by molar-refractivity contribution is 5.34. The minimum atomic E-state index is -0.230. The molecule has 0 bridgehead atoms. The predicted octanol–water partition coefficient (Wildman–Crippen LogP) is 3.00. The van der Waals surface area contributed by atoms with Gasteiger partial charge in [0.15, 0.2) is 0 Å². The average Bonchev–Trinajstić information content (AvgIpc) is 2.46. The summed E-state index contributed by atoms with van der Waals surface area (Å²) in [5.74, 6) is 6.39. The minimum Gasteiger partial charge on any atom is -0.297 e. The second-order valence-electron chi connectivity index (χ2n) is 4.96. The topological polar surface area (TPSA) is 24.9 Å². The molecule has 0 fully saturated rings. The fourth-order valence-electron chi connectivity index (χ4n) is 1.63. The number of aromatic nitrogens is 1. The maximum absolute atomic E-state index is 4.06. The monoisotopic (exact) mass is 250 g/mol. The van der Waals surface area contributed by atoms with E-state index in [1.807, 2.05) is 30.3 Å². The first-order valence-corrected chi connectivity index (χ1v) is 6.38. The van der Waals surface area contributed by atoms with Gasteiger partial charge in [-0.25, -0.2) is 0 Å². The summed E-state index contributed by atoms with van der Waals surface area (Å²) in [7, 11) is 0. The van der Waals surface area contributed by atoms with Gasteiger partial charge in [0.2, 0.25) is 0 Å². The van der Waals surface area contributed by atoms with Crippen LogP contribution in [0.25, 0.3) is 0 Å². The molecule has 0 radical (unpaired) electrons. The van der Waals surface area contributed by atoms with Gasteiger partial charge in [-0.15, -0.1) is 0 Å². The molecule has 0 aliphatic heterocycles. The van der Waals surface area contributed by atoms with E-state index in [1.54, 1.807) is 12.4 Å². The van der Waals surface area contributed by atoms with Gasteiger partial charge in [-0.3, -0.25) is 10.3 Å². The van der Waals surface area contributed by atoms with Crippen molar-refractivity contribution in [2.24, 2.45) is 0 Å². The Kier molecular flexibility index (Phi) is 4.33. The van der Waals surface area contributed by atoms with Crippen molar-refractivity contribution in [2.75, 3.05) is 0 Å². The molecule has 2 aromatic rings. The Morgan fingerprint density at radius 3 is 2.58 bits per heavy atom. The first-order valence-electron chi connectivity index (χ1n) is 6.38. The lowest BCUT2D eigenvalue weighted by molar-refractivity contribution is 0.490. The van der Waals surface area contributed by atoms with Gasteiger partial charge in [-0.2, -0.15) is 0 Å². The molecule has 96 valence electrons. The standard InChI is InChI=1S/C17H18N2/c1-17(2,11-10-16-9-6-12-18-13-16)19-14-15-7-4-3-5-8-15/h3-9,12-13,19H,14H2,1-2H3.